The van der Waals surface area contributed by atoms with Gasteiger partial charge in [0.2, 0.25) is 11.8 Å². The van der Waals surface area contributed by atoms with E-state index in [4.69, 9.17) is 11.6 Å². The molecule has 9 nitrogen and oxygen atoms in total. The van der Waals surface area contributed by atoms with Gasteiger partial charge in [-0.25, -0.2) is 4.79 Å². The van der Waals surface area contributed by atoms with Crippen molar-refractivity contribution in [3.8, 4) is 0 Å². The van der Waals surface area contributed by atoms with Crippen molar-refractivity contribution in [1.29, 1.82) is 0 Å². The lowest BCUT2D eigenvalue weighted by Crippen LogP contribution is -2.50. The molecule has 2 unspecified atom stereocenters. The molecule has 40 heavy (non-hydrogen) atoms. The number of anilines is 2. The fourth-order valence-corrected chi connectivity index (χ4v) is 5.64. The van der Waals surface area contributed by atoms with Crippen molar-refractivity contribution in [3.05, 3.63) is 94.5 Å². The van der Waals surface area contributed by atoms with Crippen LogP contribution in [0.5, 0.6) is 0 Å². The van der Waals surface area contributed by atoms with E-state index in [2.05, 4.69) is 20.7 Å². The zero-order valence-corrected chi connectivity index (χ0v) is 22.7. The predicted octanol–water partition coefficient (Wildman–Crippen LogP) is 4.37. The summed E-state index contributed by atoms with van der Waals surface area (Å²) in [7, 11) is 1.26. The van der Waals surface area contributed by atoms with Crippen LogP contribution in [0.4, 0.5) is 16.2 Å². The number of nitrogens with zero attached hydrogens (tertiary/aromatic N) is 1. The summed E-state index contributed by atoms with van der Waals surface area (Å²) in [5, 5.41) is 8.94. The number of likely N-dealkylation sites (tertiary alicyclic amines) is 1. The van der Waals surface area contributed by atoms with Gasteiger partial charge in [-0.3, -0.25) is 19.7 Å². The predicted molar refractivity (Wildman–Crippen MR) is 151 cm³/mol. The number of halogens is 1. The number of ether oxygens (including phenoxy) is 1. The number of hydrogen-bond acceptors (Lipinski definition) is 5. The number of carbonyl (C=O) groups excluding carboxylic acids is 4. The largest absolute Gasteiger partial charge is 0.453 e. The van der Waals surface area contributed by atoms with Gasteiger partial charge in [0.05, 0.1) is 7.11 Å². The molecule has 1 fully saturated rings. The Hall–Kier alpha value is -4.37. The molecule has 10 heteroatoms. The minimum atomic E-state index is -0.825. The molecule has 5 rings (SSSR count). The molecule has 0 aromatic heterocycles. The number of nitrogens with one attached hydrogen (secondary N) is 3. The van der Waals surface area contributed by atoms with Crippen molar-refractivity contribution < 1.29 is 23.9 Å². The summed E-state index contributed by atoms with van der Waals surface area (Å²) in [6, 6.07) is 20.4. The topological polar surface area (TPSA) is 117 Å². The molecule has 0 aliphatic carbocycles. The quantitative estimate of drug-likeness (QED) is 0.414. The van der Waals surface area contributed by atoms with Crippen molar-refractivity contribution in [2.45, 2.75) is 30.7 Å². The Kier molecular flexibility index (Phi) is 7.75. The lowest BCUT2D eigenvalue weighted by atomic mass is 9.74. The summed E-state index contributed by atoms with van der Waals surface area (Å²) < 4.78 is 4.59. The SMILES string of the molecule is COC(=O)Nc1ccc(C(=O)NC(Cc2ccccc2)C(=O)N2CCC3(CC(=O)Nc4ccc(Cl)cc43)C2)cc1. The van der Waals surface area contributed by atoms with Crippen LogP contribution < -0.4 is 16.0 Å². The van der Waals surface area contributed by atoms with Gasteiger partial charge in [0, 0.05) is 53.3 Å². The van der Waals surface area contributed by atoms with E-state index >= 15 is 0 Å². The second kappa shape index (κ2) is 11.4. The number of rotatable bonds is 6. The third kappa shape index (κ3) is 5.79. The van der Waals surface area contributed by atoms with Crippen molar-refractivity contribution in [1.82, 2.24) is 10.2 Å². The smallest absolute Gasteiger partial charge is 0.411 e. The van der Waals surface area contributed by atoms with Gasteiger partial charge in [0.15, 0.2) is 0 Å². The number of methoxy groups -OCH3 is 1. The van der Waals surface area contributed by atoms with Crippen LogP contribution in [0.3, 0.4) is 0 Å². The maximum absolute atomic E-state index is 13.9. The Bertz CT molecular complexity index is 1450. The van der Waals surface area contributed by atoms with Gasteiger partial charge in [-0.15, -0.1) is 0 Å². The van der Waals surface area contributed by atoms with Gasteiger partial charge in [0.1, 0.15) is 6.04 Å². The first-order valence-corrected chi connectivity index (χ1v) is 13.3. The van der Waals surface area contributed by atoms with Crippen LogP contribution >= 0.6 is 11.6 Å². The van der Waals surface area contributed by atoms with Crippen molar-refractivity contribution in [3.63, 3.8) is 0 Å². The Morgan fingerprint density at radius 1 is 1.07 bits per heavy atom. The molecular formula is C30H29ClN4O5. The lowest BCUT2D eigenvalue weighted by molar-refractivity contribution is -0.132. The molecule has 2 atom stereocenters. The molecule has 2 heterocycles. The number of carbonyl (C=O) groups is 4. The highest BCUT2D eigenvalue weighted by molar-refractivity contribution is 6.30. The van der Waals surface area contributed by atoms with E-state index in [9.17, 15) is 19.2 Å². The summed E-state index contributed by atoms with van der Waals surface area (Å²) in [6.45, 7) is 0.800. The van der Waals surface area contributed by atoms with E-state index in [1.54, 1.807) is 41.3 Å². The van der Waals surface area contributed by atoms with Gasteiger partial charge < -0.3 is 20.3 Å². The fourth-order valence-electron chi connectivity index (χ4n) is 5.47. The number of fused-ring (bicyclic) bond motifs is 2. The first kappa shape index (κ1) is 27.2. The van der Waals surface area contributed by atoms with E-state index in [0.29, 0.717) is 47.9 Å². The average molecular weight is 561 g/mol. The Morgan fingerprint density at radius 3 is 2.55 bits per heavy atom. The van der Waals surface area contributed by atoms with Gasteiger partial charge >= 0.3 is 6.09 Å². The van der Waals surface area contributed by atoms with Gasteiger partial charge in [-0.05, 0) is 60.0 Å². The van der Waals surface area contributed by atoms with Crippen molar-refractivity contribution in [2.24, 2.45) is 0 Å². The summed E-state index contributed by atoms with van der Waals surface area (Å²) >= 11 is 6.30. The van der Waals surface area contributed by atoms with Crippen LogP contribution in [0.2, 0.25) is 5.02 Å². The first-order valence-electron chi connectivity index (χ1n) is 12.9. The maximum atomic E-state index is 13.9. The van der Waals surface area contributed by atoms with E-state index in [1.807, 2.05) is 36.4 Å². The summed E-state index contributed by atoms with van der Waals surface area (Å²) in [5.74, 6) is -0.724. The normalized spacial score (nSPS) is 18.4. The molecular weight excluding hydrogens is 532 g/mol. The zero-order valence-electron chi connectivity index (χ0n) is 21.9. The van der Waals surface area contributed by atoms with Crippen LogP contribution in [0.25, 0.3) is 0 Å². The highest BCUT2D eigenvalue weighted by Crippen LogP contribution is 2.45. The summed E-state index contributed by atoms with van der Waals surface area (Å²) in [5.41, 5.74) is 2.82. The molecule has 3 aromatic carbocycles. The molecule has 0 radical (unpaired) electrons. The van der Waals surface area contributed by atoms with E-state index in [1.165, 1.54) is 7.11 Å². The Balaban J connectivity index is 1.36. The monoisotopic (exact) mass is 560 g/mol. The summed E-state index contributed by atoms with van der Waals surface area (Å²) in [6.07, 6.45) is 0.556. The fraction of sp³-hybridized carbons (Fsp3) is 0.267. The number of hydrogen-bond donors (Lipinski definition) is 3. The zero-order chi connectivity index (χ0) is 28.3. The van der Waals surface area contributed by atoms with Crippen LogP contribution in [-0.2, 0) is 26.2 Å². The highest BCUT2D eigenvalue weighted by Gasteiger charge is 2.47. The second-order valence-electron chi connectivity index (χ2n) is 10.1. The molecule has 3 aromatic rings. The molecule has 3 N–H and O–H groups in total. The van der Waals surface area contributed by atoms with Gasteiger partial charge in [-0.1, -0.05) is 41.9 Å². The molecule has 206 valence electrons. The van der Waals surface area contributed by atoms with Crippen LogP contribution in [0.15, 0.2) is 72.8 Å². The second-order valence-corrected chi connectivity index (χ2v) is 10.6. The van der Waals surface area contributed by atoms with E-state index in [0.717, 1.165) is 11.1 Å². The van der Waals surface area contributed by atoms with Crippen LogP contribution in [0.1, 0.15) is 34.3 Å². The number of benzene rings is 3. The highest BCUT2D eigenvalue weighted by atomic mass is 35.5. The molecule has 0 saturated carbocycles. The standard InChI is InChI=1S/C30H29ClN4O5/c1-40-29(39)32-22-10-7-20(8-11-22)27(37)34-25(15-19-5-3-2-4-6-19)28(38)35-14-13-30(18-35)17-26(36)33-24-12-9-21(31)16-23(24)30/h2-12,16,25H,13-15,17-18H2,1H3,(H,32,39)(H,33,36)(H,34,37). The molecule has 0 bridgehead atoms. The van der Waals surface area contributed by atoms with Crippen LogP contribution in [-0.4, -0.2) is 55.0 Å². The lowest BCUT2D eigenvalue weighted by Gasteiger charge is -2.35. The Labute approximate surface area is 236 Å². The van der Waals surface area contributed by atoms with E-state index < -0.39 is 23.5 Å². The molecule has 2 aliphatic rings. The average Bonchev–Trinajstić information content (AvgIpc) is 3.37. The minimum Gasteiger partial charge on any atom is -0.453 e. The molecule has 1 saturated heterocycles. The number of amides is 4. The molecule has 2 aliphatic heterocycles. The van der Waals surface area contributed by atoms with Crippen molar-refractivity contribution >= 4 is 46.8 Å². The minimum absolute atomic E-state index is 0.0941. The van der Waals surface area contributed by atoms with Gasteiger partial charge in [0.25, 0.3) is 5.91 Å². The van der Waals surface area contributed by atoms with Gasteiger partial charge in [-0.2, -0.15) is 0 Å². The van der Waals surface area contributed by atoms with E-state index in [-0.39, 0.29) is 18.2 Å². The third-order valence-electron chi connectivity index (χ3n) is 7.46. The Morgan fingerprint density at radius 2 is 1.82 bits per heavy atom. The van der Waals surface area contributed by atoms with Crippen molar-refractivity contribution in [2.75, 3.05) is 30.8 Å². The molecule has 1 spiro atoms. The molecule has 4 amide bonds. The van der Waals surface area contributed by atoms with Crippen LogP contribution in [0, 0.1) is 0 Å². The summed E-state index contributed by atoms with van der Waals surface area (Å²) in [4.78, 5) is 52.9. The maximum Gasteiger partial charge on any atom is 0.411 e. The third-order valence-corrected chi connectivity index (χ3v) is 7.69. The first-order chi connectivity index (χ1) is 19.3.